The van der Waals surface area contributed by atoms with Crippen molar-refractivity contribution in [3.05, 3.63) is 5.82 Å². The van der Waals surface area contributed by atoms with Crippen molar-refractivity contribution in [2.24, 2.45) is 5.92 Å². The lowest BCUT2D eigenvalue weighted by atomic mass is 9.98. The van der Waals surface area contributed by atoms with Crippen molar-refractivity contribution >= 4 is 17.7 Å². The summed E-state index contributed by atoms with van der Waals surface area (Å²) in [6.07, 6.45) is 4.86. The highest BCUT2D eigenvalue weighted by molar-refractivity contribution is 7.99. The van der Waals surface area contributed by atoms with Crippen LogP contribution in [0.1, 0.15) is 51.3 Å². The van der Waals surface area contributed by atoms with E-state index in [0.717, 1.165) is 11.0 Å². The molecule has 0 radical (unpaired) electrons. The van der Waals surface area contributed by atoms with E-state index >= 15 is 0 Å². The number of aromatic nitrogens is 3. The molecule has 5 nitrogen and oxygen atoms in total. The lowest BCUT2D eigenvalue weighted by Gasteiger charge is -2.29. The first-order valence-corrected chi connectivity index (χ1v) is 7.79. The van der Waals surface area contributed by atoms with Crippen LogP contribution in [0.5, 0.6) is 0 Å². The molecule has 0 amide bonds. The van der Waals surface area contributed by atoms with Crippen molar-refractivity contribution in [2.45, 2.75) is 56.1 Å². The fourth-order valence-corrected chi connectivity index (χ4v) is 3.43. The smallest absolute Gasteiger partial charge is 0.313 e. The molecular formula is C13H19N3O2S. The number of rotatable bonds is 6. The van der Waals surface area contributed by atoms with E-state index in [9.17, 15) is 4.79 Å². The Bertz CT molecular complexity index is 504. The molecule has 1 heterocycles. The molecule has 1 N–H and O–H groups in total. The monoisotopic (exact) mass is 281 g/mol. The van der Waals surface area contributed by atoms with Gasteiger partial charge in [-0.1, -0.05) is 11.8 Å². The summed E-state index contributed by atoms with van der Waals surface area (Å²) in [5.74, 6) is 1.50. The zero-order valence-electron chi connectivity index (χ0n) is 11.3. The van der Waals surface area contributed by atoms with Crippen LogP contribution in [-0.2, 0) is 10.3 Å². The third-order valence-corrected chi connectivity index (χ3v) is 4.99. The maximum absolute atomic E-state index is 10.8. The molecule has 104 valence electrons. The van der Waals surface area contributed by atoms with Crippen LogP contribution in [0.25, 0.3) is 0 Å². The first-order chi connectivity index (χ1) is 9.00. The summed E-state index contributed by atoms with van der Waals surface area (Å²) in [6.45, 7) is 4.45. The van der Waals surface area contributed by atoms with Crippen LogP contribution in [0.4, 0.5) is 0 Å². The summed E-state index contributed by atoms with van der Waals surface area (Å²) < 4.78 is 2.22. The summed E-state index contributed by atoms with van der Waals surface area (Å²) in [5.41, 5.74) is 0.00224. The molecule has 2 fully saturated rings. The molecule has 3 rings (SSSR count). The molecule has 0 spiro atoms. The molecular weight excluding hydrogens is 262 g/mol. The molecule has 0 unspecified atom stereocenters. The molecule has 1 aromatic rings. The van der Waals surface area contributed by atoms with Crippen molar-refractivity contribution in [3.8, 4) is 0 Å². The zero-order chi connectivity index (χ0) is 13.6. The Labute approximate surface area is 116 Å². The largest absolute Gasteiger partial charge is 0.481 e. The fraction of sp³-hybridized carbons (Fsp3) is 0.769. The Kier molecular flexibility index (Phi) is 3.08. The summed E-state index contributed by atoms with van der Waals surface area (Å²) in [6, 6.07) is 0. The van der Waals surface area contributed by atoms with E-state index < -0.39 is 5.97 Å². The molecule has 1 aromatic heterocycles. The molecule has 0 atom stereocenters. The Hall–Kier alpha value is -1.04. The highest BCUT2D eigenvalue weighted by Gasteiger charge is 2.44. The first-order valence-electron chi connectivity index (χ1n) is 6.80. The molecule has 0 aliphatic heterocycles. The highest BCUT2D eigenvalue weighted by Crippen LogP contribution is 2.49. The van der Waals surface area contributed by atoms with Gasteiger partial charge in [0.2, 0.25) is 0 Å². The molecule has 2 aliphatic rings. The van der Waals surface area contributed by atoms with Gasteiger partial charge in [0.25, 0.3) is 0 Å². The normalized spacial score (nSPS) is 19.7. The van der Waals surface area contributed by atoms with Crippen LogP contribution in [0.15, 0.2) is 5.16 Å². The number of thioether (sulfide) groups is 1. The van der Waals surface area contributed by atoms with Crippen LogP contribution in [-0.4, -0.2) is 31.6 Å². The quantitative estimate of drug-likeness (QED) is 0.811. The van der Waals surface area contributed by atoms with Crippen molar-refractivity contribution in [2.75, 3.05) is 5.75 Å². The molecule has 19 heavy (non-hydrogen) atoms. The molecule has 0 saturated heterocycles. The van der Waals surface area contributed by atoms with Crippen LogP contribution in [0.3, 0.4) is 0 Å². The number of carboxylic acids is 1. The van der Waals surface area contributed by atoms with E-state index in [-0.39, 0.29) is 11.3 Å². The van der Waals surface area contributed by atoms with E-state index in [4.69, 9.17) is 5.11 Å². The summed E-state index contributed by atoms with van der Waals surface area (Å²) in [5, 5.41) is 18.2. The second-order valence-corrected chi connectivity index (χ2v) is 7.00. The predicted molar refractivity (Wildman–Crippen MR) is 72.4 cm³/mol. The standard InChI is InChI=1S/C13H19N3O2S/c1-13(2,9-5-6-9)16-11(8-3-4-8)14-15-12(16)19-7-10(17)18/h8-9H,3-7H2,1-2H3,(H,17,18). The molecule has 2 saturated carbocycles. The Balaban J connectivity index is 1.92. The predicted octanol–water partition coefficient (Wildman–Crippen LogP) is 2.48. The number of hydrogen-bond donors (Lipinski definition) is 1. The third kappa shape index (κ3) is 2.50. The summed E-state index contributed by atoms with van der Waals surface area (Å²) in [7, 11) is 0. The minimum Gasteiger partial charge on any atom is -0.481 e. The minimum absolute atomic E-state index is 0.00224. The lowest BCUT2D eigenvalue weighted by molar-refractivity contribution is -0.133. The second kappa shape index (κ2) is 4.51. The van der Waals surface area contributed by atoms with Crippen LogP contribution in [0, 0.1) is 5.92 Å². The van der Waals surface area contributed by atoms with Gasteiger partial charge in [0.1, 0.15) is 5.82 Å². The SMILES string of the molecule is CC(C)(C1CC1)n1c(SCC(=O)O)nnc1C1CC1. The zero-order valence-corrected chi connectivity index (χ0v) is 12.1. The molecule has 0 bridgehead atoms. The van der Waals surface area contributed by atoms with Crippen molar-refractivity contribution in [1.82, 2.24) is 14.8 Å². The number of carboxylic acid groups (broad SMARTS) is 1. The van der Waals surface area contributed by atoms with Crippen LogP contribution < -0.4 is 0 Å². The van der Waals surface area contributed by atoms with E-state index in [0.29, 0.717) is 11.8 Å². The summed E-state index contributed by atoms with van der Waals surface area (Å²) >= 11 is 1.28. The van der Waals surface area contributed by atoms with Crippen molar-refractivity contribution < 1.29 is 9.90 Å². The number of hydrogen-bond acceptors (Lipinski definition) is 4. The van der Waals surface area contributed by atoms with Crippen molar-refractivity contribution in [3.63, 3.8) is 0 Å². The van der Waals surface area contributed by atoms with Gasteiger partial charge in [-0.15, -0.1) is 10.2 Å². The maximum Gasteiger partial charge on any atom is 0.313 e. The number of aliphatic carboxylic acids is 1. The fourth-order valence-electron chi connectivity index (χ4n) is 2.62. The Morgan fingerprint density at radius 2 is 2.05 bits per heavy atom. The van der Waals surface area contributed by atoms with Gasteiger partial charge in [-0.3, -0.25) is 9.36 Å². The van der Waals surface area contributed by atoms with Gasteiger partial charge in [-0.25, -0.2) is 0 Å². The minimum atomic E-state index is -0.809. The molecule has 0 aromatic carbocycles. The van der Waals surface area contributed by atoms with Crippen LogP contribution in [0.2, 0.25) is 0 Å². The van der Waals surface area contributed by atoms with Gasteiger partial charge in [0, 0.05) is 11.5 Å². The number of carbonyl (C=O) groups is 1. The van der Waals surface area contributed by atoms with Gasteiger partial charge in [-0.2, -0.15) is 0 Å². The number of nitrogens with zero attached hydrogens (tertiary/aromatic N) is 3. The Morgan fingerprint density at radius 1 is 1.37 bits per heavy atom. The Morgan fingerprint density at radius 3 is 2.58 bits per heavy atom. The highest BCUT2D eigenvalue weighted by atomic mass is 32.2. The van der Waals surface area contributed by atoms with Gasteiger partial charge >= 0.3 is 5.97 Å². The van der Waals surface area contributed by atoms with E-state index in [1.807, 2.05) is 0 Å². The third-order valence-electron chi connectivity index (χ3n) is 4.08. The first kappa shape index (κ1) is 13.0. The lowest BCUT2D eigenvalue weighted by Crippen LogP contribution is -2.31. The maximum atomic E-state index is 10.8. The van der Waals surface area contributed by atoms with Gasteiger partial charge in [-0.05, 0) is 45.4 Å². The molecule has 2 aliphatic carbocycles. The van der Waals surface area contributed by atoms with Gasteiger partial charge in [0.15, 0.2) is 5.16 Å². The van der Waals surface area contributed by atoms with E-state index in [1.54, 1.807) is 0 Å². The average Bonchev–Trinajstić information content (AvgIpc) is 3.21. The topological polar surface area (TPSA) is 68.0 Å². The van der Waals surface area contributed by atoms with E-state index in [2.05, 4.69) is 28.6 Å². The molecule has 6 heteroatoms. The second-order valence-electron chi connectivity index (χ2n) is 6.06. The average molecular weight is 281 g/mol. The van der Waals surface area contributed by atoms with Crippen molar-refractivity contribution in [1.29, 1.82) is 0 Å². The van der Waals surface area contributed by atoms with E-state index in [1.165, 1.54) is 37.4 Å². The van der Waals surface area contributed by atoms with Gasteiger partial charge < -0.3 is 5.11 Å². The summed E-state index contributed by atoms with van der Waals surface area (Å²) in [4.78, 5) is 10.8. The van der Waals surface area contributed by atoms with Gasteiger partial charge in [0.05, 0.1) is 5.75 Å². The van der Waals surface area contributed by atoms with Crippen LogP contribution >= 0.6 is 11.8 Å².